The lowest BCUT2D eigenvalue weighted by Crippen LogP contribution is -2.15. The molecule has 0 unspecified atom stereocenters. The van der Waals surface area contributed by atoms with E-state index in [1.54, 1.807) is 54.6 Å². The Balaban J connectivity index is 1.41. The van der Waals surface area contributed by atoms with Crippen molar-refractivity contribution in [3.8, 4) is 5.75 Å². The number of azo groups is 1. The molecule has 0 saturated heterocycles. The van der Waals surface area contributed by atoms with Crippen molar-refractivity contribution in [3.63, 3.8) is 0 Å². The highest BCUT2D eigenvalue weighted by Gasteiger charge is 2.15. The third-order valence-corrected chi connectivity index (χ3v) is 6.31. The summed E-state index contributed by atoms with van der Waals surface area (Å²) in [6.07, 6.45) is 0. The van der Waals surface area contributed by atoms with E-state index in [-0.39, 0.29) is 16.5 Å². The van der Waals surface area contributed by atoms with Gasteiger partial charge in [0.15, 0.2) is 0 Å². The molecule has 9 heteroatoms. The number of ether oxygens (including phenoxy) is 1. The Morgan fingerprint density at radius 3 is 2.06 bits per heavy atom. The Labute approximate surface area is 203 Å². The van der Waals surface area contributed by atoms with Crippen molar-refractivity contribution >= 4 is 38.7 Å². The zero-order chi connectivity index (χ0) is 24.7. The summed E-state index contributed by atoms with van der Waals surface area (Å²) in [7, 11) is -2.32. The van der Waals surface area contributed by atoms with E-state index in [1.807, 2.05) is 30.3 Å². The molecule has 2 N–H and O–H groups in total. The zero-order valence-corrected chi connectivity index (χ0v) is 19.6. The standard InChI is InChI=1S/C26H22N4O4S/c1-34-24-14-16-25(17-15-24)35(32,33)30-23-9-5-6-19(18-23)26(31)27-20-10-12-22(13-11-20)29-28-21-7-3-2-4-8-21/h2-18,30H,1H3,(H,27,31). The Hall–Kier alpha value is -4.50. The molecule has 0 aliphatic heterocycles. The van der Waals surface area contributed by atoms with E-state index < -0.39 is 10.0 Å². The molecule has 4 aromatic carbocycles. The number of sulfonamides is 1. The molecule has 8 nitrogen and oxygen atoms in total. The predicted octanol–water partition coefficient (Wildman–Crippen LogP) is 6.16. The van der Waals surface area contributed by atoms with Crippen LogP contribution in [-0.2, 0) is 10.0 Å². The van der Waals surface area contributed by atoms with Gasteiger partial charge in [0.1, 0.15) is 5.75 Å². The monoisotopic (exact) mass is 486 g/mol. The van der Waals surface area contributed by atoms with Gasteiger partial charge in [0.05, 0.1) is 23.4 Å². The molecule has 0 bridgehead atoms. The van der Waals surface area contributed by atoms with Gasteiger partial charge in [-0.1, -0.05) is 24.3 Å². The van der Waals surface area contributed by atoms with Gasteiger partial charge in [-0.3, -0.25) is 9.52 Å². The number of nitrogens with one attached hydrogen (secondary N) is 2. The van der Waals surface area contributed by atoms with E-state index in [0.717, 1.165) is 5.69 Å². The second-order valence-electron chi connectivity index (χ2n) is 7.40. The number of hydrogen-bond donors (Lipinski definition) is 2. The van der Waals surface area contributed by atoms with Gasteiger partial charge in [-0.15, -0.1) is 0 Å². The van der Waals surface area contributed by atoms with Gasteiger partial charge < -0.3 is 10.1 Å². The Bertz CT molecular complexity index is 1440. The van der Waals surface area contributed by atoms with Crippen molar-refractivity contribution in [1.82, 2.24) is 0 Å². The molecule has 0 fully saturated rings. The van der Waals surface area contributed by atoms with E-state index in [1.165, 1.54) is 25.3 Å². The highest BCUT2D eigenvalue weighted by molar-refractivity contribution is 7.92. The van der Waals surface area contributed by atoms with Crippen LogP contribution in [0.25, 0.3) is 0 Å². The van der Waals surface area contributed by atoms with E-state index in [4.69, 9.17) is 4.74 Å². The van der Waals surface area contributed by atoms with Crippen molar-refractivity contribution in [2.75, 3.05) is 17.1 Å². The number of carbonyl (C=O) groups excluding carboxylic acids is 1. The minimum absolute atomic E-state index is 0.0812. The van der Waals surface area contributed by atoms with Crippen LogP contribution in [0.5, 0.6) is 5.75 Å². The molecular formula is C26H22N4O4S. The van der Waals surface area contributed by atoms with Gasteiger partial charge in [-0.25, -0.2) is 8.42 Å². The van der Waals surface area contributed by atoms with Gasteiger partial charge in [-0.2, -0.15) is 10.2 Å². The molecule has 0 aliphatic rings. The van der Waals surface area contributed by atoms with Crippen molar-refractivity contribution in [3.05, 3.63) is 109 Å². The maximum absolute atomic E-state index is 12.7. The van der Waals surface area contributed by atoms with E-state index in [2.05, 4.69) is 20.3 Å². The molecule has 0 saturated carbocycles. The second-order valence-corrected chi connectivity index (χ2v) is 9.08. The molecule has 4 rings (SSSR count). The molecule has 0 aromatic heterocycles. The van der Waals surface area contributed by atoms with Crippen molar-refractivity contribution in [2.45, 2.75) is 4.90 Å². The number of nitrogens with zero attached hydrogens (tertiary/aromatic N) is 2. The van der Waals surface area contributed by atoms with Crippen LogP contribution < -0.4 is 14.8 Å². The van der Waals surface area contributed by atoms with E-state index in [9.17, 15) is 13.2 Å². The lowest BCUT2D eigenvalue weighted by Gasteiger charge is -2.10. The highest BCUT2D eigenvalue weighted by Crippen LogP contribution is 2.22. The van der Waals surface area contributed by atoms with E-state index in [0.29, 0.717) is 22.7 Å². The number of anilines is 2. The average Bonchev–Trinajstić information content (AvgIpc) is 2.89. The quantitative estimate of drug-likeness (QED) is 0.291. The number of benzene rings is 4. The molecule has 4 aromatic rings. The number of hydrogen-bond acceptors (Lipinski definition) is 6. The second kappa shape index (κ2) is 10.6. The summed E-state index contributed by atoms with van der Waals surface area (Å²) >= 11 is 0. The smallest absolute Gasteiger partial charge is 0.261 e. The summed E-state index contributed by atoms with van der Waals surface area (Å²) in [4.78, 5) is 12.8. The van der Waals surface area contributed by atoms with Crippen LogP contribution in [0.15, 0.2) is 118 Å². The molecular weight excluding hydrogens is 464 g/mol. The highest BCUT2D eigenvalue weighted by atomic mass is 32.2. The summed E-state index contributed by atoms with van der Waals surface area (Å²) in [5, 5.41) is 11.1. The van der Waals surface area contributed by atoms with Gasteiger partial charge >= 0.3 is 0 Å². The number of carbonyl (C=O) groups is 1. The summed E-state index contributed by atoms with van der Waals surface area (Å²) in [5.41, 5.74) is 2.52. The molecule has 176 valence electrons. The minimum Gasteiger partial charge on any atom is -0.497 e. The van der Waals surface area contributed by atoms with Gasteiger partial charge in [0.25, 0.3) is 15.9 Å². The molecule has 35 heavy (non-hydrogen) atoms. The van der Waals surface area contributed by atoms with Gasteiger partial charge in [0.2, 0.25) is 0 Å². The zero-order valence-electron chi connectivity index (χ0n) is 18.8. The molecule has 0 radical (unpaired) electrons. The first-order valence-corrected chi connectivity index (χ1v) is 12.1. The first-order chi connectivity index (χ1) is 16.9. The van der Waals surface area contributed by atoms with Gasteiger partial charge in [-0.05, 0) is 78.9 Å². The first kappa shape index (κ1) is 23.7. The normalized spacial score (nSPS) is 11.2. The third-order valence-electron chi connectivity index (χ3n) is 4.91. The number of rotatable bonds is 8. The molecule has 0 heterocycles. The van der Waals surface area contributed by atoms with Crippen LogP contribution >= 0.6 is 0 Å². The Morgan fingerprint density at radius 2 is 1.40 bits per heavy atom. The molecule has 0 spiro atoms. The van der Waals surface area contributed by atoms with Crippen LogP contribution in [0.3, 0.4) is 0 Å². The largest absolute Gasteiger partial charge is 0.497 e. The summed E-state index contributed by atoms with van der Waals surface area (Å²) in [6, 6.07) is 28.5. The van der Waals surface area contributed by atoms with E-state index >= 15 is 0 Å². The summed E-state index contributed by atoms with van der Waals surface area (Å²) in [5.74, 6) is 0.170. The molecule has 0 atom stereocenters. The van der Waals surface area contributed by atoms with Crippen molar-refractivity contribution in [1.29, 1.82) is 0 Å². The average molecular weight is 487 g/mol. The third kappa shape index (κ3) is 6.30. The maximum Gasteiger partial charge on any atom is 0.261 e. The lowest BCUT2D eigenvalue weighted by molar-refractivity contribution is 0.102. The van der Waals surface area contributed by atoms with Crippen LogP contribution in [0, 0.1) is 0 Å². The lowest BCUT2D eigenvalue weighted by atomic mass is 10.2. The maximum atomic E-state index is 12.7. The first-order valence-electron chi connectivity index (χ1n) is 10.6. The van der Waals surface area contributed by atoms with Crippen LogP contribution in [0.2, 0.25) is 0 Å². The summed E-state index contributed by atoms with van der Waals surface area (Å²) in [6.45, 7) is 0. The van der Waals surface area contributed by atoms with Gasteiger partial charge in [0, 0.05) is 16.9 Å². The Morgan fingerprint density at radius 1 is 0.743 bits per heavy atom. The van der Waals surface area contributed by atoms with Crippen LogP contribution in [0.4, 0.5) is 22.7 Å². The molecule has 1 amide bonds. The van der Waals surface area contributed by atoms with Crippen LogP contribution in [0.1, 0.15) is 10.4 Å². The van der Waals surface area contributed by atoms with Crippen molar-refractivity contribution in [2.24, 2.45) is 10.2 Å². The Kier molecular flexibility index (Phi) is 7.18. The number of amides is 1. The molecule has 0 aliphatic carbocycles. The SMILES string of the molecule is COc1ccc(S(=O)(=O)Nc2cccc(C(=O)Nc3ccc(N=Nc4ccccc4)cc3)c2)cc1. The fourth-order valence-electron chi connectivity index (χ4n) is 3.12. The fraction of sp³-hybridized carbons (Fsp3) is 0.0385. The van der Waals surface area contributed by atoms with Crippen molar-refractivity contribution < 1.29 is 17.9 Å². The predicted molar refractivity (Wildman–Crippen MR) is 135 cm³/mol. The number of methoxy groups -OCH3 is 1. The van der Waals surface area contributed by atoms with Crippen LogP contribution in [-0.4, -0.2) is 21.4 Å². The summed E-state index contributed by atoms with van der Waals surface area (Å²) < 4.78 is 32.9. The topological polar surface area (TPSA) is 109 Å². The minimum atomic E-state index is -3.83. The fourth-order valence-corrected chi connectivity index (χ4v) is 4.17.